The number of tetrazole rings is 1. The van der Waals surface area contributed by atoms with E-state index in [2.05, 4.69) is 25.6 Å². The zero-order chi connectivity index (χ0) is 24.5. The van der Waals surface area contributed by atoms with Gasteiger partial charge in [0.25, 0.3) is 15.9 Å². The van der Waals surface area contributed by atoms with Gasteiger partial charge in [0.2, 0.25) is 0 Å². The lowest BCUT2D eigenvalue weighted by Gasteiger charge is -2.11. The van der Waals surface area contributed by atoms with Crippen LogP contribution < -0.4 is 10.0 Å². The fourth-order valence-corrected chi connectivity index (χ4v) is 4.34. The van der Waals surface area contributed by atoms with E-state index in [1.807, 2.05) is 13.8 Å². The molecule has 174 valence electrons. The largest absolute Gasteiger partial charge is 0.322 e. The molecule has 11 heteroatoms. The van der Waals surface area contributed by atoms with E-state index < -0.39 is 21.7 Å². The Balaban J connectivity index is 1.48. The van der Waals surface area contributed by atoms with E-state index in [1.165, 1.54) is 47.1 Å². The number of carbonyl (C=O) groups is 1. The molecule has 0 spiro atoms. The Labute approximate surface area is 195 Å². The van der Waals surface area contributed by atoms with Gasteiger partial charge in [-0.25, -0.2) is 12.8 Å². The van der Waals surface area contributed by atoms with Crippen LogP contribution in [0.25, 0.3) is 5.69 Å². The normalized spacial score (nSPS) is 11.3. The number of benzene rings is 3. The number of aromatic nitrogens is 4. The highest BCUT2D eigenvalue weighted by atomic mass is 32.2. The second-order valence-electron chi connectivity index (χ2n) is 7.69. The number of rotatable bonds is 6. The quantitative estimate of drug-likeness (QED) is 0.434. The minimum Gasteiger partial charge on any atom is -0.322 e. The van der Waals surface area contributed by atoms with Crippen LogP contribution in [0.1, 0.15) is 27.3 Å². The summed E-state index contributed by atoms with van der Waals surface area (Å²) in [5, 5.41) is 13.7. The Morgan fingerprint density at radius 2 is 1.62 bits per heavy atom. The number of carbonyl (C=O) groups excluding carboxylic acids is 1. The Kier molecular flexibility index (Phi) is 6.12. The van der Waals surface area contributed by atoms with Gasteiger partial charge >= 0.3 is 0 Å². The molecule has 2 N–H and O–H groups in total. The third-order valence-electron chi connectivity index (χ3n) is 5.25. The molecule has 0 aliphatic heterocycles. The topological polar surface area (TPSA) is 119 Å². The number of hydrogen-bond donors (Lipinski definition) is 2. The second kappa shape index (κ2) is 9.02. The SMILES string of the molecule is Cc1ccc(S(=O)(=O)Nc2ccc(C(=O)Nc3ccc(F)c(-n4nnnc4C)c3)cc2)cc1C. The molecule has 3 aromatic carbocycles. The van der Waals surface area contributed by atoms with E-state index in [-0.39, 0.29) is 10.6 Å². The molecule has 0 saturated heterocycles. The number of anilines is 2. The third kappa shape index (κ3) is 4.79. The third-order valence-corrected chi connectivity index (χ3v) is 6.62. The summed E-state index contributed by atoms with van der Waals surface area (Å²) < 4.78 is 43.3. The molecule has 0 aliphatic carbocycles. The van der Waals surface area contributed by atoms with Gasteiger partial charge in [-0.3, -0.25) is 9.52 Å². The van der Waals surface area contributed by atoms with Gasteiger partial charge in [0.05, 0.1) is 4.90 Å². The lowest BCUT2D eigenvalue weighted by Crippen LogP contribution is -2.15. The lowest BCUT2D eigenvalue weighted by molar-refractivity contribution is 0.102. The molecule has 1 amide bonds. The summed E-state index contributed by atoms with van der Waals surface area (Å²) in [6.07, 6.45) is 0. The molecule has 9 nitrogen and oxygen atoms in total. The van der Waals surface area contributed by atoms with Crippen molar-refractivity contribution in [2.75, 3.05) is 10.0 Å². The van der Waals surface area contributed by atoms with Crippen LogP contribution in [0, 0.1) is 26.6 Å². The van der Waals surface area contributed by atoms with Crippen LogP contribution in [0.2, 0.25) is 0 Å². The van der Waals surface area contributed by atoms with Crippen LogP contribution in [-0.4, -0.2) is 34.5 Å². The molecular weight excluding hydrogens is 459 g/mol. The van der Waals surface area contributed by atoms with Gasteiger partial charge in [0, 0.05) is 16.9 Å². The highest BCUT2D eigenvalue weighted by Gasteiger charge is 2.16. The Morgan fingerprint density at radius 1 is 0.912 bits per heavy atom. The molecule has 0 atom stereocenters. The smallest absolute Gasteiger partial charge is 0.261 e. The van der Waals surface area contributed by atoms with Gasteiger partial charge < -0.3 is 5.32 Å². The molecule has 0 aliphatic rings. The average Bonchev–Trinajstić information content (AvgIpc) is 3.22. The van der Waals surface area contributed by atoms with Gasteiger partial charge in [-0.2, -0.15) is 4.68 Å². The molecule has 0 fully saturated rings. The van der Waals surface area contributed by atoms with Gasteiger partial charge in [0.1, 0.15) is 11.5 Å². The van der Waals surface area contributed by atoms with Crippen molar-refractivity contribution in [3.63, 3.8) is 0 Å². The highest BCUT2D eigenvalue weighted by molar-refractivity contribution is 7.92. The number of halogens is 1. The first-order valence-electron chi connectivity index (χ1n) is 10.2. The predicted molar refractivity (Wildman–Crippen MR) is 125 cm³/mol. The lowest BCUT2D eigenvalue weighted by atomic mass is 10.1. The Morgan fingerprint density at radius 3 is 2.26 bits per heavy atom. The van der Waals surface area contributed by atoms with Gasteiger partial charge in [-0.05, 0) is 96.9 Å². The monoisotopic (exact) mass is 480 g/mol. The molecule has 1 aromatic heterocycles. The summed E-state index contributed by atoms with van der Waals surface area (Å²) in [5.74, 6) is -0.607. The number of nitrogens with zero attached hydrogens (tertiary/aromatic N) is 4. The van der Waals surface area contributed by atoms with Crippen LogP contribution in [0.4, 0.5) is 15.8 Å². The average molecular weight is 481 g/mol. The maximum atomic E-state index is 14.2. The number of sulfonamides is 1. The minimum absolute atomic E-state index is 0.0939. The zero-order valence-corrected chi connectivity index (χ0v) is 19.4. The van der Waals surface area contributed by atoms with Crippen molar-refractivity contribution in [1.82, 2.24) is 20.2 Å². The molecule has 4 rings (SSSR count). The molecule has 1 heterocycles. The van der Waals surface area contributed by atoms with Crippen molar-refractivity contribution in [2.45, 2.75) is 25.7 Å². The maximum Gasteiger partial charge on any atom is 0.261 e. The van der Waals surface area contributed by atoms with Crippen molar-refractivity contribution in [3.8, 4) is 5.69 Å². The fourth-order valence-electron chi connectivity index (χ4n) is 3.20. The van der Waals surface area contributed by atoms with E-state index in [0.717, 1.165) is 11.1 Å². The number of nitrogens with one attached hydrogen (secondary N) is 2. The van der Waals surface area contributed by atoms with E-state index >= 15 is 0 Å². The van der Waals surface area contributed by atoms with Gasteiger partial charge in [0.15, 0.2) is 5.82 Å². The van der Waals surface area contributed by atoms with Crippen molar-refractivity contribution in [1.29, 1.82) is 0 Å². The van der Waals surface area contributed by atoms with Crippen molar-refractivity contribution in [3.05, 3.63) is 89.0 Å². The minimum atomic E-state index is -3.77. The first kappa shape index (κ1) is 23.1. The summed E-state index contributed by atoms with van der Waals surface area (Å²) >= 11 is 0. The molecule has 0 saturated carbocycles. The van der Waals surface area contributed by atoms with Crippen LogP contribution in [0.3, 0.4) is 0 Å². The summed E-state index contributed by atoms with van der Waals surface area (Å²) in [4.78, 5) is 12.8. The second-order valence-corrected chi connectivity index (χ2v) is 9.37. The van der Waals surface area contributed by atoms with E-state index in [4.69, 9.17) is 0 Å². The number of aryl methyl sites for hydroxylation is 3. The van der Waals surface area contributed by atoms with Crippen molar-refractivity contribution in [2.24, 2.45) is 0 Å². The molecule has 0 radical (unpaired) electrons. The van der Waals surface area contributed by atoms with E-state index in [0.29, 0.717) is 22.8 Å². The number of hydrogen-bond acceptors (Lipinski definition) is 6. The highest BCUT2D eigenvalue weighted by Crippen LogP contribution is 2.21. The summed E-state index contributed by atoms with van der Waals surface area (Å²) in [5.41, 5.74) is 2.91. The van der Waals surface area contributed by atoms with Crippen molar-refractivity contribution < 1.29 is 17.6 Å². The van der Waals surface area contributed by atoms with E-state index in [9.17, 15) is 17.6 Å². The Hall–Kier alpha value is -4.12. The van der Waals surface area contributed by atoms with Crippen LogP contribution in [0.5, 0.6) is 0 Å². The molecule has 4 aromatic rings. The molecule has 0 unspecified atom stereocenters. The first-order valence-corrected chi connectivity index (χ1v) is 11.7. The van der Waals surface area contributed by atoms with Crippen molar-refractivity contribution >= 4 is 27.3 Å². The number of amides is 1. The fraction of sp³-hybridized carbons (Fsp3) is 0.130. The predicted octanol–water partition coefficient (Wildman–Crippen LogP) is 3.78. The molecular formula is C23H21FN6O3S. The van der Waals surface area contributed by atoms with Gasteiger partial charge in [-0.15, -0.1) is 5.10 Å². The summed E-state index contributed by atoms with van der Waals surface area (Å²) in [6.45, 7) is 5.37. The zero-order valence-electron chi connectivity index (χ0n) is 18.6. The molecule has 0 bridgehead atoms. The Bertz CT molecular complexity index is 1480. The van der Waals surface area contributed by atoms with Crippen LogP contribution in [0.15, 0.2) is 65.6 Å². The van der Waals surface area contributed by atoms with Crippen LogP contribution >= 0.6 is 0 Å². The standard InChI is InChI=1S/C23H21FN6O3S/c1-14-4-10-20(12-15(14)2)34(32,33)27-18-7-5-17(6-8-18)23(31)25-19-9-11-21(24)22(13-19)30-16(3)26-28-29-30/h4-13,27H,1-3H3,(H,25,31). The summed E-state index contributed by atoms with van der Waals surface area (Å²) in [6, 6.07) is 14.9. The van der Waals surface area contributed by atoms with Gasteiger partial charge in [-0.1, -0.05) is 6.07 Å². The van der Waals surface area contributed by atoms with E-state index in [1.54, 1.807) is 25.1 Å². The first-order chi connectivity index (χ1) is 16.1. The maximum absolute atomic E-state index is 14.2. The molecule has 34 heavy (non-hydrogen) atoms. The van der Waals surface area contributed by atoms with Crippen LogP contribution in [-0.2, 0) is 10.0 Å². The summed E-state index contributed by atoms with van der Waals surface area (Å²) in [7, 11) is -3.77.